The van der Waals surface area contributed by atoms with E-state index in [1.807, 2.05) is 0 Å². The smallest absolute Gasteiger partial charge is 0.123 e. The molecule has 0 bridgehead atoms. The number of thiazole rings is 1. The molecule has 2 heterocycles. The van der Waals surface area contributed by atoms with Gasteiger partial charge in [0.15, 0.2) is 0 Å². The maximum atomic E-state index is 12.9. The highest BCUT2D eigenvalue weighted by atomic mass is 32.1. The number of hydrogen-bond donors (Lipinski definition) is 1. The Labute approximate surface area is 116 Å². The van der Waals surface area contributed by atoms with Gasteiger partial charge in [0.25, 0.3) is 0 Å². The van der Waals surface area contributed by atoms with Gasteiger partial charge in [-0.3, -0.25) is 0 Å². The van der Waals surface area contributed by atoms with E-state index < -0.39 is 0 Å². The molecule has 100 valence electrons. The Morgan fingerprint density at radius 3 is 2.89 bits per heavy atom. The summed E-state index contributed by atoms with van der Waals surface area (Å²) in [6.07, 6.45) is 3.61. The van der Waals surface area contributed by atoms with E-state index in [4.69, 9.17) is 0 Å². The molecule has 0 amide bonds. The van der Waals surface area contributed by atoms with Crippen molar-refractivity contribution in [3.63, 3.8) is 0 Å². The number of rotatable bonds is 3. The van der Waals surface area contributed by atoms with Gasteiger partial charge < -0.3 is 5.32 Å². The van der Waals surface area contributed by atoms with Crippen molar-refractivity contribution in [3.8, 4) is 11.3 Å². The summed E-state index contributed by atoms with van der Waals surface area (Å²) < 4.78 is 12.9. The van der Waals surface area contributed by atoms with Crippen LogP contribution in [0.25, 0.3) is 11.3 Å². The van der Waals surface area contributed by atoms with Crippen LogP contribution in [-0.4, -0.2) is 18.1 Å². The summed E-state index contributed by atoms with van der Waals surface area (Å²) in [5.41, 5.74) is 1.95. The van der Waals surface area contributed by atoms with Crippen LogP contribution < -0.4 is 5.32 Å². The Hall–Kier alpha value is -1.26. The Balaban J connectivity index is 1.70. The van der Waals surface area contributed by atoms with Crippen molar-refractivity contribution in [3.05, 3.63) is 40.5 Å². The van der Waals surface area contributed by atoms with E-state index >= 15 is 0 Å². The van der Waals surface area contributed by atoms with Gasteiger partial charge in [0.05, 0.1) is 10.7 Å². The molecule has 0 saturated carbocycles. The first kappa shape index (κ1) is 12.8. The second-order valence-corrected chi connectivity index (χ2v) is 5.99. The fourth-order valence-electron chi connectivity index (χ4n) is 2.50. The Morgan fingerprint density at radius 1 is 1.32 bits per heavy atom. The Bertz CT molecular complexity index is 529. The van der Waals surface area contributed by atoms with E-state index in [1.54, 1.807) is 23.5 Å². The topological polar surface area (TPSA) is 24.9 Å². The van der Waals surface area contributed by atoms with Gasteiger partial charge in [0.2, 0.25) is 0 Å². The summed E-state index contributed by atoms with van der Waals surface area (Å²) in [5.74, 6) is 0.508. The number of benzene rings is 1. The minimum atomic E-state index is -0.201. The van der Waals surface area contributed by atoms with Crippen molar-refractivity contribution in [2.24, 2.45) is 5.92 Å². The molecule has 1 aliphatic heterocycles. The molecule has 1 N–H and O–H groups in total. The van der Waals surface area contributed by atoms with Gasteiger partial charge in [0, 0.05) is 17.4 Å². The second kappa shape index (κ2) is 5.80. The molecular formula is C15H17FN2S. The van der Waals surface area contributed by atoms with Gasteiger partial charge in [-0.1, -0.05) is 0 Å². The van der Waals surface area contributed by atoms with Crippen LogP contribution >= 0.6 is 11.3 Å². The molecule has 1 unspecified atom stereocenters. The van der Waals surface area contributed by atoms with Crippen molar-refractivity contribution < 1.29 is 4.39 Å². The van der Waals surface area contributed by atoms with Gasteiger partial charge in [-0.15, -0.1) is 11.3 Å². The zero-order chi connectivity index (χ0) is 13.1. The number of nitrogens with zero attached hydrogens (tertiary/aromatic N) is 1. The average molecular weight is 276 g/mol. The fraction of sp³-hybridized carbons (Fsp3) is 0.400. The number of nitrogens with one attached hydrogen (secondary N) is 1. The third-order valence-corrected chi connectivity index (χ3v) is 4.43. The lowest BCUT2D eigenvalue weighted by atomic mass is 9.97. The van der Waals surface area contributed by atoms with Gasteiger partial charge in [0.1, 0.15) is 5.82 Å². The highest BCUT2D eigenvalue weighted by Crippen LogP contribution is 2.25. The van der Waals surface area contributed by atoms with Crippen LogP contribution in [0.3, 0.4) is 0 Å². The molecule has 1 saturated heterocycles. The molecule has 2 aromatic rings. The standard InChI is InChI=1S/C15H17FN2S/c16-13-5-3-12(4-6-13)14-10-19-15(18-14)8-11-2-1-7-17-9-11/h3-6,10-11,17H,1-2,7-9H2. The summed E-state index contributed by atoms with van der Waals surface area (Å²) in [6.45, 7) is 2.25. The van der Waals surface area contributed by atoms with E-state index in [2.05, 4.69) is 15.7 Å². The predicted molar refractivity (Wildman–Crippen MR) is 76.8 cm³/mol. The zero-order valence-electron chi connectivity index (χ0n) is 10.7. The summed E-state index contributed by atoms with van der Waals surface area (Å²) in [7, 11) is 0. The van der Waals surface area contributed by atoms with Gasteiger partial charge >= 0.3 is 0 Å². The third kappa shape index (κ3) is 3.19. The second-order valence-electron chi connectivity index (χ2n) is 5.05. The first-order valence-electron chi connectivity index (χ1n) is 6.72. The summed E-state index contributed by atoms with van der Waals surface area (Å²) in [4.78, 5) is 4.67. The molecule has 2 nitrogen and oxygen atoms in total. The van der Waals surface area contributed by atoms with Crippen LogP contribution in [0.5, 0.6) is 0 Å². The molecule has 0 spiro atoms. The molecule has 1 atom stereocenters. The molecule has 4 heteroatoms. The highest BCUT2D eigenvalue weighted by Gasteiger charge is 2.15. The molecular weight excluding hydrogens is 259 g/mol. The van der Waals surface area contributed by atoms with E-state index in [0.29, 0.717) is 5.92 Å². The Morgan fingerprint density at radius 2 is 2.16 bits per heavy atom. The maximum Gasteiger partial charge on any atom is 0.123 e. The molecule has 0 radical (unpaired) electrons. The van der Waals surface area contributed by atoms with E-state index in [9.17, 15) is 4.39 Å². The minimum Gasteiger partial charge on any atom is -0.316 e. The first-order chi connectivity index (χ1) is 9.31. The highest BCUT2D eigenvalue weighted by molar-refractivity contribution is 7.09. The largest absolute Gasteiger partial charge is 0.316 e. The number of piperidine rings is 1. The van der Waals surface area contributed by atoms with Crippen LogP contribution in [0, 0.1) is 11.7 Å². The summed E-state index contributed by atoms with van der Waals surface area (Å²) in [6, 6.07) is 6.55. The predicted octanol–water partition coefficient (Wildman–Crippen LogP) is 3.49. The third-order valence-electron chi connectivity index (χ3n) is 3.55. The van der Waals surface area contributed by atoms with Crippen LogP contribution in [0.1, 0.15) is 17.8 Å². The van der Waals surface area contributed by atoms with Crippen molar-refractivity contribution in [1.29, 1.82) is 0 Å². The summed E-state index contributed by atoms with van der Waals surface area (Å²) in [5, 5.41) is 6.69. The zero-order valence-corrected chi connectivity index (χ0v) is 11.5. The van der Waals surface area contributed by atoms with E-state index in [1.165, 1.54) is 30.0 Å². The fourth-order valence-corrected chi connectivity index (χ4v) is 3.42. The van der Waals surface area contributed by atoms with Gasteiger partial charge in [-0.2, -0.15) is 0 Å². The Kier molecular flexibility index (Phi) is 3.89. The van der Waals surface area contributed by atoms with E-state index in [-0.39, 0.29) is 5.82 Å². The van der Waals surface area contributed by atoms with Gasteiger partial charge in [-0.05, 0) is 56.1 Å². The lowest BCUT2D eigenvalue weighted by molar-refractivity contribution is 0.376. The normalized spacial score (nSPS) is 19.5. The van der Waals surface area contributed by atoms with Crippen molar-refractivity contribution >= 4 is 11.3 Å². The van der Waals surface area contributed by atoms with Crippen LogP contribution in [0.15, 0.2) is 29.6 Å². The number of aromatic nitrogens is 1. The summed E-state index contributed by atoms with van der Waals surface area (Å²) >= 11 is 1.71. The molecule has 0 aliphatic carbocycles. The molecule has 1 aromatic carbocycles. The monoisotopic (exact) mass is 276 g/mol. The average Bonchev–Trinajstić information content (AvgIpc) is 2.89. The molecule has 1 fully saturated rings. The van der Waals surface area contributed by atoms with Crippen molar-refractivity contribution in [2.45, 2.75) is 19.3 Å². The van der Waals surface area contributed by atoms with Crippen LogP contribution in [-0.2, 0) is 6.42 Å². The number of hydrogen-bond acceptors (Lipinski definition) is 3. The quantitative estimate of drug-likeness (QED) is 0.928. The van der Waals surface area contributed by atoms with Gasteiger partial charge in [-0.25, -0.2) is 9.37 Å². The molecule has 3 rings (SSSR count). The lowest BCUT2D eigenvalue weighted by Crippen LogP contribution is -2.30. The molecule has 19 heavy (non-hydrogen) atoms. The SMILES string of the molecule is Fc1ccc(-c2csc(CC3CCCNC3)n2)cc1. The van der Waals surface area contributed by atoms with Crippen LogP contribution in [0.2, 0.25) is 0 Å². The molecule has 1 aliphatic rings. The minimum absolute atomic E-state index is 0.201. The molecule has 1 aromatic heterocycles. The van der Waals surface area contributed by atoms with Crippen LogP contribution in [0.4, 0.5) is 4.39 Å². The maximum absolute atomic E-state index is 12.9. The lowest BCUT2D eigenvalue weighted by Gasteiger charge is -2.21. The first-order valence-corrected chi connectivity index (χ1v) is 7.60. The number of halogens is 1. The van der Waals surface area contributed by atoms with Crippen molar-refractivity contribution in [1.82, 2.24) is 10.3 Å². The van der Waals surface area contributed by atoms with Crippen molar-refractivity contribution in [2.75, 3.05) is 13.1 Å². The van der Waals surface area contributed by atoms with E-state index in [0.717, 1.165) is 30.8 Å².